The van der Waals surface area contributed by atoms with E-state index in [1.54, 1.807) is 6.20 Å². The Morgan fingerprint density at radius 1 is 1.03 bits per heavy atom. The molecule has 0 bridgehead atoms. The number of anilines is 3. The lowest BCUT2D eigenvalue weighted by Gasteiger charge is -2.27. The number of nitrogens with one attached hydrogen (secondary N) is 1. The fourth-order valence-electron chi connectivity index (χ4n) is 3.80. The highest BCUT2D eigenvalue weighted by atomic mass is 16.5. The lowest BCUT2D eigenvalue weighted by atomic mass is 10.1. The van der Waals surface area contributed by atoms with Crippen LogP contribution in [0.5, 0.6) is 0 Å². The van der Waals surface area contributed by atoms with E-state index in [9.17, 15) is 0 Å². The van der Waals surface area contributed by atoms with Gasteiger partial charge >= 0.3 is 0 Å². The number of rotatable bonds is 5. The SMILES string of the molecule is CC(C)c1cnnc(Nc2ccc3ncc(-c4cn(C)nc4N4CCOCC4)cc3n2)c1. The molecular weight excluding hydrogens is 404 g/mol. The third-order valence-electron chi connectivity index (χ3n) is 5.57. The zero-order chi connectivity index (χ0) is 22.1. The predicted molar refractivity (Wildman–Crippen MR) is 124 cm³/mol. The first kappa shape index (κ1) is 20.3. The molecule has 4 aromatic rings. The van der Waals surface area contributed by atoms with Gasteiger partial charge < -0.3 is 15.0 Å². The van der Waals surface area contributed by atoms with Crippen LogP contribution in [0.4, 0.5) is 17.5 Å². The zero-order valence-electron chi connectivity index (χ0n) is 18.5. The molecule has 1 fully saturated rings. The van der Waals surface area contributed by atoms with Gasteiger partial charge in [-0.05, 0) is 35.7 Å². The minimum Gasteiger partial charge on any atom is -0.378 e. The Hall–Kier alpha value is -3.59. The standard InChI is InChI=1S/C23H26N8O/c1-15(2)16-11-22(28-25-13-16)27-21-5-4-19-20(26-21)10-17(12-24-19)18-14-30(3)29-23(18)31-6-8-32-9-7-31/h4-5,10-15H,6-9H2,1-3H3,(H,26,27,28). The van der Waals surface area contributed by atoms with E-state index >= 15 is 0 Å². The summed E-state index contributed by atoms with van der Waals surface area (Å²) in [7, 11) is 1.94. The molecule has 5 heterocycles. The monoisotopic (exact) mass is 430 g/mol. The summed E-state index contributed by atoms with van der Waals surface area (Å²) in [6.07, 6.45) is 5.71. The van der Waals surface area contributed by atoms with Crippen molar-refractivity contribution >= 4 is 28.5 Å². The van der Waals surface area contributed by atoms with Gasteiger partial charge in [-0.3, -0.25) is 9.67 Å². The summed E-state index contributed by atoms with van der Waals surface area (Å²) in [6.45, 7) is 7.34. The Labute approximate surface area is 186 Å². The Morgan fingerprint density at radius 2 is 1.88 bits per heavy atom. The largest absolute Gasteiger partial charge is 0.378 e. The minimum absolute atomic E-state index is 0.377. The molecule has 0 saturated carbocycles. The normalized spacial score (nSPS) is 14.3. The van der Waals surface area contributed by atoms with Gasteiger partial charge in [0, 0.05) is 43.7 Å². The number of ether oxygens (including phenoxy) is 1. The van der Waals surface area contributed by atoms with E-state index in [4.69, 9.17) is 14.8 Å². The van der Waals surface area contributed by atoms with Crippen LogP contribution < -0.4 is 10.2 Å². The molecule has 4 aromatic heterocycles. The van der Waals surface area contributed by atoms with Crippen LogP contribution >= 0.6 is 0 Å². The molecule has 1 N–H and O–H groups in total. The molecule has 0 spiro atoms. The smallest absolute Gasteiger partial charge is 0.158 e. The molecule has 1 aliphatic heterocycles. The maximum absolute atomic E-state index is 5.50. The Morgan fingerprint density at radius 3 is 2.69 bits per heavy atom. The van der Waals surface area contributed by atoms with Crippen LogP contribution in [0, 0.1) is 0 Å². The third kappa shape index (κ3) is 4.11. The van der Waals surface area contributed by atoms with E-state index in [1.807, 2.05) is 42.3 Å². The molecule has 164 valence electrons. The van der Waals surface area contributed by atoms with E-state index in [1.165, 1.54) is 0 Å². The van der Waals surface area contributed by atoms with Crippen LogP contribution in [0.1, 0.15) is 25.3 Å². The molecule has 0 aromatic carbocycles. The molecule has 0 aliphatic carbocycles. The number of hydrogen-bond donors (Lipinski definition) is 1. The summed E-state index contributed by atoms with van der Waals surface area (Å²) in [6, 6.07) is 7.93. The van der Waals surface area contributed by atoms with Gasteiger partial charge in [-0.2, -0.15) is 10.2 Å². The second-order valence-corrected chi connectivity index (χ2v) is 8.25. The molecular formula is C23H26N8O. The quantitative estimate of drug-likeness (QED) is 0.514. The second-order valence-electron chi connectivity index (χ2n) is 8.25. The fourth-order valence-corrected chi connectivity index (χ4v) is 3.80. The van der Waals surface area contributed by atoms with Crippen molar-refractivity contribution in [1.29, 1.82) is 0 Å². The summed E-state index contributed by atoms with van der Waals surface area (Å²) in [5.74, 6) is 2.70. The van der Waals surface area contributed by atoms with Gasteiger partial charge in [0.1, 0.15) is 5.82 Å². The Kier molecular flexibility index (Phi) is 5.40. The zero-order valence-corrected chi connectivity index (χ0v) is 18.5. The lowest BCUT2D eigenvalue weighted by Crippen LogP contribution is -2.36. The lowest BCUT2D eigenvalue weighted by molar-refractivity contribution is 0.122. The number of nitrogens with zero attached hydrogens (tertiary/aromatic N) is 7. The first-order chi connectivity index (χ1) is 15.6. The average Bonchev–Trinajstić information content (AvgIpc) is 3.21. The van der Waals surface area contributed by atoms with E-state index < -0.39 is 0 Å². The molecule has 1 aliphatic rings. The van der Waals surface area contributed by atoms with Crippen LogP contribution in [-0.2, 0) is 11.8 Å². The molecule has 5 rings (SSSR count). The molecule has 0 atom stereocenters. The van der Waals surface area contributed by atoms with Crippen LogP contribution in [-0.4, -0.2) is 56.2 Å². The van der Waals surface area contributed by atoms with Crippen LogP contribution in [0.2, 0.25) is 0 Å². The van der Waals surface area contributed by atoms with E-state index in [0.29, 0.717) is 30.8 Å². The molecule has 9 nitrogen and oxygen atoms in total. The number of aromatic nitrogens is 6. The van der Waals surface area contributed by atoms with Crippen molar-refractivity contribution in [2.75, 3.05) is 36.5 Å². The van der Waals surface area contributed by atoms with Gasteiger partial charge in [0.15, 0.2) is 11.6 Å². The van der Waals surface area contributed by atoms with E-state index in [2.05, 4.69) is 45.3 Å². The summed E-state index contributed by atoms with van der Waals surface area (Å²) in [5.41, 5.74) is 4.78. The summed E-state index contributed by atoms with van der Waals surface area (Å²) >= 11 is 0. The van der Waals surface area contributed by atoms with E-state index in [-0.39, 0.29) is 0 Å². The van der Waals surface area contributed by atoms with Crippen molar-refractivity contribution in [1.82, 2.24) is 29.9 Å². The van der Waals surface area contributed by atoms with Crippen molar-refractivity contribution in [3.05, 3.63) is 48.4 Å². The molecule has 0 unspecified atom stereocenters. The van der Waals surface area contributed by atoms with Crippen molar-refractivity contribution in [2.45, 2.75) is 19.8 Å². The molecule has 0 amide bonds. The van der Waals surface area contributed by atoms with Crippen molar-refractivity contribution in [3.8, 4) is 11.1 Å². The number of fused-ring (bicyclic) bond motifs is 1. The third-order valence-corrected chi connectivity index (χ3v) is 5.57. The highest BCUT2D eigenvalue weighted by Crippen LogP contribution is 2.31. The average molecular weight is 431 g/mol. The summed E-state index contributed by atoms with van der Waals surface area (Å²) < 4.78 is 7.34. The minimum atomic E-state index is 0.377. The van der Waals surface area contributed by atoms with Gasteiger partial charge in [-0.1, -0.05) is 13.8 Å². The van der Waals surface area contributed by atoms with Gasteiger partial charge in [0.05, 0.1) is 30.4 Å². The maximum atomic E-state index is 5.50. The molecule has 0 radical (unpaired) electrons. The first-order valence-corrected chi connectivity index (χ1v) is 10.8. The number of aryl methyl sites for hydroxylation is 1. The van der Waals surface area contributed by atoms with Crippen molar-refractivity contribution in [2.24, 2.45) is 7.05 Å². The van der Waals surface area contributed by atoms with E-state index in [0.717, 1.165) is 46.6 Å². The Balaban J connectivity index is 1.47. The number of morpholine rings is 1. The highest BCUT2D eigenvalue weighted by molar-refractivity contribution is 5.84. The predicted octanol–water partition coefficient (Wildman–Crippen LogP) is 3.52. The highest BCUT2D eigenvalue weighted by Gasteiger charge is 2.20. The molecule has 1 saturated heterocycles. The van der Waals surface area contributed by atoms with Crippen molar-refractivity contribution < 1.29 is 4.74 Å². The van der Waals surface area contributed by atoms with Crippen LogP contribution in [0.15, 0.2) is 42.9 Å². The van der Waals surface area contributed by atoms with Gasteiger partial charge in [-0.15, -0.1) is 5.10 Å². The molecule has 9 heteroatoms. The van der Waals surface area contributed by atoms with Gasteiger partial charge in [0.25, 0.3) is 0 Å². The fraction of sp³-hybridized carbons (Fsp3) is 0.348. The number of hydrogen-bond acceptors (Lipinski definition) is 8. The first-order valence-electron chi connectivity index (χ1n) is 10.8. The Bertz CT molecular complexity index is 1250. The molecule has 32 heavy (non-hydrogen) atoms. The summed E-state index contributed by atoms with van der Waals surface area (Å²) in [5, 5.41) is 16.2. The van der Waals surface area contributed by atoms with Gasteiger partial charge in [0.2, 0.25) is 0 Å². The van der Waals surface area contributed by atoms with Crippen molar-refractivity contribution in [3.63, 3.8) is 0 Å². The topological polar surface area (TPSA) is 93.9 Å². The van der Waals surface area contributed by atoms with Gasteiger partial charge in [-0.25, -0.2) is 4.98 Å². The maximum Gasteiger partial charge on any atom is 0.158 e. The summed E-state index contributed by atoms with van der Waals surface area (Å²) in [4.78, 5) is 11.7. The van der Waals surface area contributed by atoms with Crippen LogP contribution in [0.3, 0.4) is 0 Å². The second kappa shape index (κ2) is 8.51. The van der Waals surface area contributed by atoms with Crippen LogP contribution in [0.25, 0.3) is 22.2 Å². The number of pyridine rings is 2.